The number of benzene rings is 2. The van der Waals surface area contributed by atoms with Crippen molar-refractivity contribution >= 4 is 23.3 Å². The second kappa shape index (κ2) is 5.80. The number of halogens is 1. The van der Waals surface area contributed by atoms with E-state index in [1.165, 1.54) is 36.4 Å². The normalized spacial score (nSPS) is 10.2. The maximum absolute atomic E-state index is 11.0. The third-order valence-electron chi connectivity index (χ3n) is 2.77. The molecule has 0 saturated heterocycles. The van der Waals surface area contributed by atoms with E-state index in [1.807, 2.05) is 0 Å². The van der Waals surface area contributed by atoms with Gasteiger partial charge in [-0.1, -0.05) is 11.6 Å². The summed E-state index contributed by atoms with van der Waals surface area (Å²) >= 11 is 5.76. The molecule has 0 aliphatic carbocycles. The minimum absolute atomic E-state index is 0.00955. The number of nitro benzene ring substituents is 1. The van der Waals surface area contributed by atoms with Gasteiger partial charge in [-0.05, 0) is 37.3 Å². The number of carboxylic acids is 1. The molecular formula is C14H10ClNO5. The first-order valence-corrected chi connectivity index (χ1v) is 6.22. The molecule has 0 aliphatic heterocycles. The largest absolute Gasteiger partial charge is 0.478 e. The monoisotopic (exact) mass is 307 g/mol. The van der Waals surface area contributed by atoms with Crippen molar-refractivity contribution in [1.29, 1.82) is 0 Å². The average molecular weight is 308 g/mol. The summed E-state index contributed by atoms with van der Waals surface area (Å²) in [5.74, 6) is -0.507. The summed E-state index contributed by atoms with van der Waals surface area (Å²) in [6.45, 7) is 1.59. The van der Waals surface area contributed by atoms with Crippen LogP contribution in [-0.4, -0.2) is 16.0 Å². The lowest BCUT2D eigenvalue weighted by Crippen LogP contribution is -1.98. The molecule has 2 aromatic rings. The molecule has 0 aliphatic rings. The number of hydrogen-bond donors (Lipinski definition) is 1. The smallest absolute Gasteiger partial charge is 0.337 e. The molecule has 108 valence electrons. The third-order valence-corrected chi connectivity index (χ3v) is 3.10. The van der Waals surface area contributed by atoms with E-state index in [0.29, 0.717) is 11.3 Å². The summed E-state index contributed by atoms with van der Waals surface area (Å²) in [5, 5.41) is 19.8. The fraction of sp³-hybridized carbons (Fsp3) is 0.0714. The van der Waals surface area contributed by atoms with E-state index < -0.39 is 10.9 Å². The van der Waals surface area contributed by atoms with Gasteiger partial charge in [0.15, 0.2) is 0 Å². The van der Waals surface area contributed by atoms with Crippen LogP contribution in [0.3, 0.4) is 0 Å². The Morgan fingerprint density at radius 2 is 1.86 bits per heavy atom. The van der Waals surface area contributed by atoms with Crippen molar-refractivity contribution in [1.82, 2.24) is 0 Å². The zero-order valence-electron chi connectivity index (χ0n) is 10.9. The van der Waals surface area contributed by atoms with Crippen LogP contribution < -0.4 is 4.74 Å². The number of carbonyl (C=O) groups is 1. The second-order valence-corrected chi connectivity index (χ2v) is 4.66. The van der Waals surface area contributed by atoms with Gasteiger partial charge in [-0.2, -0.15) is 0 Å². The highest BCUT2D eigenvalue weighted by atomic mass is 35.5. The van der Waals surface area contributed by atoms with Gasteiger partial charge in [0, 0.05) is 11.6 Å². The summed E-state index contributed by atoms with van der Waals surface area (Å²) < 4.78 is 5.50. The molecule has 0 amide bonds. The van der Waals surface area contributed by atoms with E-state index in [1.54, 1.807) is 6.92 Å². The summed E-state index contributed by atoms with van der Waals surface area (Å²) in [7, 11) is 0. The molecule has 21 heavy (non-hydrogen) atoms. The summed E-state index contributed by atoms with van der Waals surface area (Å²) in [6.07, 6.45) is 0. The molecule has 0 heterocycles. The van der Waals surface area contributed by atoms with Crippen LogP contribution in [-0.2, 0) is 0 Å². The number of aryl methyl sites for hydroxylation is 1. The molecule has 2 aromatic carbocycles. The first kappa shape index (κ1) is 14.8. The average Bonchev–Trinajstić information content (AvgIpc) is 2.40. The minimum Gasteiger partial charge on any atom is -0.478 e. The van der Waals surface area contributed by atoms with Crippen molar-refractivity contribution in [3.05, 3.63) is 62.7 Å². The lowest BCUT2D eigenvalue weighted by Gasteiger charge is -2.08. The van der Waals surface area contributed by atoms with Crippen molar-refractivity contribution in [2.24, 2.45) is 0 Å². The van der Waals surface area contributed by atoms with Gasteiger partial charge < -0.3 is 9.84 Å². The lowest BCUT2D eigenvalue weighted by atomic mass is 10.2. The van der Waals surface area contributed by atoms with Gasteiger partial charge in [0.2, 0.25) is 0 Å². The number of hydrogen-bond acceptors (Lipinski definition) is 4. The van der Waals surface area contributed by atoms with Crippen LogP contribution in [0.5, 0.6) is 11.5 Å². The van der Waals surface area contributed by atoms with Gasteiger partial charge in [0.05, 0.1) is 15.5 Å². The Hall–Kier alpha value is -2.60. The van der Waals surface area contributed by atoms with Crippen LogP contribution in [0.15, 0.2) is 36.4 Å². The first-order valence-electron chi connectivity index (χ1n) is 5.84. The van der Waals surface area contributed by atoms with Crippen LogP contribution >= 0.6 is 11.6 Å². The van der Waals surface area contributed by atoms with Gasteiger partial charge in [-0.3, -0.25) is 10.1 Å². The van der Waals surface area contributed by atoms with Gasteiger partial charge in [0.1, 0.15) is 11.5 Å². The minimum atomic E-state index is -1.16. The quantitative estimate of drug-likeness (QED) is 0.680. The van der Waals surface area contributed by atoms with E-state index in [4.69, 9.17) is 21.4 Å². The van der Waals surface area contributed by atoms with E-state index >= 15 is 0 Å². The van der Waals surface area contributed by atoms with Crippen LogP contribution in [0.25, 0.3) is 0 Å². The van der Waals surface area contributed by atoms with Gasteiger partial charge >= 0.3 is 5.97 Å². The molecule has 6 nitrogen and oxygen atoms in total. The number of nitrogens with zero attached hydrogens (tertiary/aromatic N) is 1. The maximum atomic E-state index is 11.0. The molecular weight excluding hydrogens is 298 g/mol. The number of rotatable bonds is 4. The van der Waals surface area contributed by atoms with Crippen molar-refractivity contribution in [3.8, 4) is 11.5 Å². The highest BCUT2D eigenvalue weighted by molar-refractivity contribution is 6.33. The molecule has 0 spiro atoms. The third kappa shape index (κ3) is 3.29. The fourth-order valence-corrected chi connectivity index (χ4v) is 1.96. The van der Waals surface area contributed by atoms with E-state index in [-0.39, 0.29) is 22.0 Å². The van der Waals surface area contributed by atoms with Crippen LogP contribution in [0.1, 0.15) is 15.9 Å². The van der Waals surface area contributed by atoms with E-state index in [9.17, 15) is 14.9 Å². The number of carboxylic acid groups (broad SMARTS) is 1. The Kier molecular flexibility index (Phi) is 4.09. The molecule has 0 atom stereocenters. The number of ether oxygens (including phenoxy) is 1. The topological polar surface area (TPSA) is 89.7 Å². The Balaban J connectivity index is 2.30. The maximum Gasteiger partial charge on any atom is 0.337 e. The second-order valence-electron chi connectivity index (χ2n) is 4.25. The van der Waals surface area contributed by atoms with Crippen LogP contribution in [0.4, 0.5) is 5.69 Å². The van der Waals surface area contributed by atoms with Crippen molar-refractivity contribution in [3.63, 3.8) is 0 Å². The Morgan fingerprint density at radius 3 is 2.43 bits per heavy atom. The Bertz CT molecular complexity index is 729. The molecule has 0 saturated carbocycles. The zero-order valence-corrected chi connectivity index (χ0v) is 11.6. The molecule has 0 aromatic heterocycles. The predicted octanol–water partition coefficient (Wildman–Crippen LogP) is 4.05. The lowest BCUT2D eigenvalue weighted by molar-refractivity contribution is -0.385. The highest BCUT2D eigenvalue weighted by Crippen LogP contribution is 2.29. The van der Waals surface area contributed by atoms with Crippen molar-refractivity contribution in [2.45, 2.75) is 6.92 Å². The van der Waals surface area contributed by atoms with E-state index in [0.717, 1.165) is 0 Å². The Labute approximate surface area is 124 Å². The standard InChI is InChI=1S/C14H10ClNO5/c1-8-6-9(3-5-13(8)16(19)20)21-10-2-4-12(15)11(7-10)14(17)18/h2-7H,1H3,(H,17,18). The fourth-order valence-electron chi connectivity index (χ4n) is 1.76. The molecule has 1 N–H and O–H groups in total. The molecule has 0 radical (unpaired) electrons. The SMILES string of the molecule is Cc1cc(Oc2ccc(Cl)c(C(=O)O)c2)ccc1[N+](=O)[O-]. The first-order chi connectivity index (χ1) is 9.88. The van der Waals surface area contributed by atoms with Gasteiger partial charge in [-0.25, -0.2) is 4.79 Å². The van der Waals surface area contributed by atoms with Crippen LogP contribution in [0.2, 0.25) is 5.02 Å². The highest BCUT2D eigenvalue weighted by Gasteiger charge is 2.13. The number of nitro groups is 1. The summed E-state index contributed by atoms with van der Waals surface area (Å²) in [4.78, 5) is 21.2. The molecule has 7 heteroatoms. The summed E-state index contributed by atoms with van der Waals surface area (Å²) in [6, 6.07) is 8.51. The molecule has 0 unspecified atom stereocenters. The summed E-state index contributed by atoms with van der Waals surface area (Å²) in [5.41, 5.74) is 0.363. The van der Waals surface area contributed by atoms with Crippen molar-refractivity contribution in [2.75, 3.05) is 0 Å². The van der Waals surface area contributed by atoms with Gasteiger partial charge in [0.25, 0.3) is 5.69 Å². The van der Waals surface area contributed by atoms with Gasteiger partial charge in [-0.15, -0.1) is 0 Å². The molecule has 0 bridgehead atoms. The Morgan fingerprint density at radius 1 is 1.24 bits per heavy atom. The van der Waals surface area contributed by atoms with Crippen LogP contribution in [0, 0.1) is 17.0 Å². The van der Waals surface area contributed by atoms with Crippen molar-refractivity contribution < 1.29 is 19.6 Å². The molecule has 2 rings (SSSR count). The number of aromatic carboxylic acids is 1. The zero-order chi connectivity index (χ0) is 15.6. The predicted molar refractivity (Wildman–Crippen MR) is 76.3 cm³/mol. The van der Waals surface area contributed by atoms with E-state index in [2.05, 4.69) is 0 Å². The molecule has 0 fully saturated rings.